The number of fused-ring (bicyclic) bond motifs is 1. The first-order valence-electron chi connectivity index (χ1n) is 9.36. The Hall–Kier alpha value is -2.60. The number of amides is 1. The van der Waals surface area contributed by atoms with Crippen LogP contribution in [0.3, 0.4) is 0 Å². The van der Waals surface area contributed by atoms with Crippen molar-refractivity contribution in [3.05, 3.63) is 95.0 Å². The van der Waals surface area contributed by atoms with Gasteiger partial charge >= 0.3 is 0 Å². The van der Waals surface area contributed by atoms with Gasteiger partial charge in [0.1, 0.15) is 0 Å². The van der Waals surface area contributed by atoms with Crippen LogP contribution in [0.2, 0.25) is 5.02 Å². The molecule has 0 bridgehead atoms. The van der Waals surface area contributed by atoms with E-state index in [1.807, 2.05) is 66.9 Å². The number of carbonyl (C=O) groups is 1. The summed E-state index contributed by atoms with van der Waals surface area (Å²) in [4.78, 5) is 20.8. The Bertz CT molecular complexity index is 1200. The van der Waals surface area contributed by atoms with Crippen LogP contribution in [0, 0.1) is 0 Å². The number of halogens is 1. The Labute approximate surface area is 189 Å². The molecule has 3 nitrogen and oxygen atoms in total. The number of nitrogens with zero attached hydrogens (tertiary/aromatic N) is 2. The van der Waals surface area contributed by atoms with Gasteiger partial charge in [-0.1, -0.05) is 71.5 Å². The van der Waals surface area contributed by atoms with Crippen LogP contribution in [-0.4, -0.2) is 17.1 Å². The van der Waals surface area contributed by atoms with Crippen LogP contribution in [0.15, 0.2) is 83.8 Å². The molecule has 0 aliphatic rings. The van der Waals surface area contributed by atoms with Crippen LogP contribution in [0.25, 0.3) is 16.3 Å². The summed E-state index contributed by atoms with van der Waals surface area (Å²) in [6.07, 6.45) is 5.36. The molecule has 0 saturated heterocycles. The maximum Gasteiger partial charge on any atom is 0.253 e. The number of thioether (sulfide) groups is 1. The third-order valence-corrected chi connectivity index (χ3v) is 6.69. The maximum atomic E-state index is 13.2. The van der Waals surface area contributed by atoms with E-state index in [2.05, 4.69) is 12.1 Å². The van der Waals surface area contributed by atoms with Gasteiger partial charge in [0.05, 0.1) is 16.8 Å². The molecule has 6 heteroatoms. The van der Waals surface area contributed by atoms with E-state index in [0.717, 1.165) is 21.3 Å². The Morgan fingerprint density at radius 1 is 1.10 bits per heavy atom. The minimum absolute atomic E-state index is 0.136. The average molecular weight is 451 g/mol. The van der Waals surface area contributed by atoms with Crippen molar-refractivity contribution in [2.45, 2.75) is 11.4 Å². The lowest BCUT2D eigenvalue weighted by Gasteiger charge is -2.18. The highest BCUT2D eigenvalue weighted by atomic mass is 35.5. The summed E-state index contributed by atoms with van der Waals surface area (Å²) in [5.74, 6) is -0.136. The maximum absolute atomic E-state index is 13.2. The minimum atomic E-state index is -0.136. The van der Waals surface area contributed by atoms with E-state index >= 15 is 0 Å². The zero-order valence-electron chi connectivity index (χ0n) is 16.3. The first-order chi connectivity index (χ1) is 14.6. The third kappa shape index (κ3) is 4.75. The Balaban J connectivity index is 1.69. The number of carbonyl (C=O) groups excluding carboxylic acids is 1. The van der Waals surface area contributed by atoms with Gasteiger partial charge in [-0.05, 0) is 47.7 Å². The number of hydrogen-bond acceptors (Lipinski definition) is 4. The van der Waals surface area contributed by atoms with Crippen LogP contribution in [0.5, 0.6) is 0 Å². The number of thiazole rings is 1. The molecule has 0 saturated carbocycles. The summed E-state index contributed by atoms with van der Waals surface area (Å²) < 4.78 is 1.07. The highest BCUT2D eigenvalue weighted by molar-refractivity contribution is 7.98. The second kappa shape index (κ2) is 9.47. The predicted octanol–water partition coefficient (Wildman–Crippen LogP) is 6.92. The van der Waals surface area contributed by atoms with Crippen LogP contribution in [0.1, 0.15) is 11.1 Å². The Morgan fingerprint density at radius 2 is 1.87 bits per heavy atom. The molecule has 1 heterocycles. The quantitative estimate of drug-likeness (QED) is 0.236. The van der Waals surface area contributed by atoms with Gasteiger partial charge < -0.3 is 0 Å². The van der Waals surface area contributed by atoms with Gasteiger partial charge in [-0.2, -0.15) is 0 Å². The number of anilines is 1. The number of aromatic nitrogens is 1. The molecule has 0 atom stereocenters. The molecule has 0 aliphatic carbocycles. The summed E-state index contributed by atoms with van der Waals surface area (Å²) >= 11 is 9.45. The molecule has 0 unspecified atom stereocenters. The second-order valence-corrected chi connectivity index (χ2v) is 8.89. The molecule has 4 aromatic rings. The monoisotopic (exact) mass is 450 g/mol. The van der Waals surface area contributed by atoms with Crippen LogP contribution in [-0.2, 0) is 11.3 Å². The molecule has 30 heavy (non-hydrogen) atoms. The standard InChI is InChI=1S/C24H19ClN2OS2/c1-29-19-12-13-21-22(15-19)30-24(26-21)27(16-17-7-3-2-4-8-17)23(28)14-11-18-9-5-6-10-20(18)25/h2-15H,16H2,1H3/b14-11+. The normalized spacial score (nSPS) is 11.3. The summed E-state index contributed by atoms with van der Waals surface area (Å²) in [6, 6.07) is 23.6. The highest BCUT2D eigenvalue weighted by Gasteiger charge is 2.18. The largest absolute Gasteiger partial charge is 0.280 e. The van der Waals surface area contributed by atoms with Crippen molar-refractivity contribution >= 4 is 62.0 Å². The van der Waals surface area contributed by atoms with E-state index in [1.165, 1.54) is 16.2 Å². The van der Waals surface area contributed by atoms with Gasteiger partial charge in [-0.3, -0.25) is 9.69 Å². The molecule has 3 aromatic carbocycles. The van der Waals surface area contributed by atoms with E-state index in [1.54, 1.807) is 28.8 Å². The van der Waals surface area contributed by atoms with Crippen molar-refractivity contribution in [3.8, 4) is 0 Å². The van der Waals surface area contributed by atoms with Gasteiger partial charge in [0.15, 0.2) is 5.13 Å². The average Bonchev–Trinajstić information content (AvgIpc) is 3.20. The summed E-state index contributed by atoms with van der Waals surface area (Å²) in [6.45, 7) is 0.446. The van der Waals surface area contributed by atoms with Gasteiger partial charge in [-0.15, -0.1) is 11.8 Å². The lowest BCUT2D eigenvalue weighted by atomic mass is 10.2. The fourth-order valence-corrected chi connectivity index (χ4v) is 4.73. The number of rotatable bonds is 6. The molecule has 0 radical (unpaired) electrons. The van der Waals surface area contributed by atoms with E-state index in [0.29, 0.717) is 16.7 Å². The topological polar surface area (TPSA) is 33.2 Å². The van der Waals surface area contributed by atoms with Crippen molar-refractivity contribution in [2.75, 3.05) is 11.2 Å². The first kappa shape index (κ1) is 20.7. The van der Waals surface area contributed by atoms with Crippen molar-refractivity contribution in [3.63, 3.8) is 0 Å². The van der Waals surface area contributed by atoms with Crippen molar-refractivity contribution in [1.82, 2.24) is 4.98 Å². The van der Waals surface area contributed by atoms with Gasteiger partial charge in [-0.25, -0.2) is 4.98 Å². The molecule has 1 aromatic heterocycles. The van der Waals surface area contributed by atoms with E-state index < -0.39 is 0 Å². The smallest absolute Gasteiger partial charge is 0.253 e. The van der Waals surface area contributed by atoms with Gasteiger partial charge in [0, 0.05) is 16.0 Å². The zero-order chi connectivity index (χ0) is 20.9. The van der Waals surface area contributed by atoms with Crippen molar-refractivity contribution in [2.24, 2.45) is 0 Å². The summed E-state index contributed by atoms with van der Waals surface area (Å²) in [5.41, 5.74) is 2.75. The lowest BCUT2D eigenvalue weighted by Crippen LogP contribution is -2.28. The fraction of sp³-hybridized carbons (Fsp3) is 0.0833. The van der Waals surface area contributed by atoms with E-state index in [4.69, 9.17) is 16.6 Å². The minimum Gasteiger partial charge on any atom is -0.280 e. The lowest BCUT2D eigenvalue weighted by molar-refractivity contribution is -0.114. The van der Waals surface area contributed by atoms with Crippen LogP contribution >= 0.6 is 34.7 Å². The predicted molar refractivity (Wildman–Crippen MR) is 130 cm³/mol. The summed E-state index contributed by atoms with van der Waals surface area (Å²) in [7, 11) is 0. The van der Waals surface area contributed by atoms with Gasteiger partial charge in [0.25, 0.3) is 5.91 Å². The molecule has 0 fully saturated rings. The molecule has 0 spiro atoms. The Kier molecular flexibility index (Phi) is 6.53. The molecule has 1 amide bonds. The molecule has 0 N–H and O–H groups in total. The molecule has 4 rings (SSSR count). The van der Waals surface area contributed by atoms with Crippen molar-refractivity contribution in [1.29, 1.82) is 0 Å². The molecule has 150 valence electrons. The van der Waals surface area contributed by atoms with Crippen LogP contribution < -0.4 is 4.90 Å². The van der Waals surface area contributed by atoms with Crippen LogP contribution in [0.4, 0.5) is 5.13 Å². The highest BCUT2D eigenvalue weighted by Crippen LogP contribution is 2.32. The fourth-order valence-electron chi connectivity index (χ4n) is 3.00. The first-order valence-corrected chi connectivity index (χ1v) is 11.8. The number of hydrogen-bond donors (Lipinski definition) is 0. The molecular formula is C24H19ClN2OS2. The Morgan fingerprint density at radius 3 is 2.63 bits per heavy atom. The molecule has 0 aliphatic heterocycles. The second-order valence-electron chi connectivity index (χ2n) is 6.59. The van der Waals surface area contributed by atoms with Gasteiger partial charge in [0.2, 0.25) is 0 Å². The zero-order valence-corrected chi connectivity index (χ0v) is 18.7. The van der Waals surface area contributed by atoms with Crippen molar-refractivity contribution < 1.29 is 4.79 Å². The third-order valence-electron chi connectivity index (χ3n) is 4.58. The SMILES string of the molecule is CSc1ccc2nc(N(Cc3ccccc3)C(=O)/C=C/c3ccccc3Cl)sc2c1. The number of benzene rings is 3. The van der Waals surface area contributed by atoms with E-state index in [9.17, 15) is 4.79 Å². The molecular weight excluding hydrogens is 432 g/mol. The van der Waals surface area contributed by atoms with E-state index in [-0.39, 0.29) is 5.91 Å². The summed E-state index contributed by atoms with van der Waals surface area (Å²) in [5, 5.41) is 1.29.